The van der Waals surface area contributed by atoms with Crippen molar-refractivity contribution in [1.29, 1.82) is 0 Å². The molecule has 0 saturated heterocycles. The highest BCUT2D eigenvalue weighted by molar-refractivity contribution is 6.30. The number of nitrogens with one attached hydrogen (secondary N) is 1. The Hall–Kier alpha value is -3.39. The van der Waals surface area contributed by atoms with E-state index in [1.807, 2.05) is 0 Å². The molecular formula is C17H10ClFN6O. The minimum absolute atomic E-state index is 0.121. The Balaban J connectivity index is 1.88. The molecule has 7 nitrogen and oxygen atoms in total. The summed E-state index contributed by atoms with van der Waals surface area (Å²) in [5.41, 5.74) is 1.48. The van der Waals surface area contributed by atoms with Crippen molar-refractivity contribution in [2.45, 2.75) is 0 Å². The van der Waals surface area contributed by atoms with Gasteiger partial charge in [-0.1, -0.05) is 11.6 Å². The molecule has 3 heterocycles. The minimum atomic E-state index is -0.504. The minimum Gasteiger partial charge on any atom is -0.619 e. The predicted molar refractivity (Wildman–Crippen MR) is 94.2 cm³/mol. The lowest BCUT2D eigenvalue weighted by atomic mass is 10.2. The first kappa shape index (κ1) is 16.1. The van der Waals surface area contributed by atoms with Gasteiger partial charge in [-0.05, 0) is 18.2 Å². The normalized spacial score (nSPS) is 10.8. The number of pyridine rings is 1. The van der Waals surface area contributed by atoms with Crippen molar-refractivity contribution in [3.8, 4) is 11.4 Å². The first-order valence-electron chi connectivity index (χ1n) is 7.50. The summed E-state index contributed by atoms with van der Waals surface area (Å²) in [5, 5.41) is 14.6. The van der Waals surface area contributed by atoms with Gasteiger partial charge in [-0.2, -0.15) is 4.73 Å². The van der Waals surface area contributed by atoms with E-state index in [4.69, 9.17) is 11.6 Å². The van der Waals surface area contributed by atoms with Crippen molar-refractivity contribution < 1.29 is 9.12 Å². The summed E-state index contributed by atoms with van der Waals surface area (Å²) in [7, 11) is 0. The molecule has 1 aromatic carbocycles. The molecule has 0 amide bonds. The molecule has 0 aliphatic carbocycles. The Kier molecular flexibility index (Phi) is 4.02. The van der Waals surface area contributed by atoms with Gasteiger partial charge >= 0.3 is 0 Å². The highest BCUT2D eigenvalue weighted by Crippen LogP contribution is 2.28. The van der Waals surface area contributed by atoms with E-state index in [1.165, 1.54) is 43.0 Å². The van der Waals surface area contributed by atoms with Crippen LogP contribution in [0.15, 0.2) is 55.1 Å². The lowest BCUT2D eigenvalue weighted by Crippen LogP contribution is -2.23. The van der Waals surface area contributed by atoms with Gasteiger partial charge in [0.15, 0.2) is 35.2 Å². The molecule has 0 unspecified atom stereocenters. The third-order valence-corrected chi connectivity index (χ3v) is 3.80. The lowest BCUT2D eigenvalue weighted by Gasteiger charge is -2.10. The summed E-state index contributed by atoms with van der Waals surface area (Å²) < 4.78 is 14.9. The van der Waals surface area contributed by atoms with Gasteiger partial charge in [0.25, 0.3) is 0 Å². The molecule has 3 aromatic heterocycles. The van der Waals surface area contributed by atoms with Crippen LogP contribution in [0.2, 0.25) is 5.02 Å². The molecule has 9 heteroatoms. The quantitative estimate of drug-likeness (QED) is 0.441. The number of benzene rings is 1. The van der Waals surface area contributed by atoms with Crippen molar-refractivity contribution in [3.63, 3.8) is 0 Å². The van der Waals surface area contributed by atoms with E-state index < -0.39 is 5.82 Å². The fourth-order valence-corrected chi connectivity index (χ4v) is 2.55. The fraction of sp³-hybridized carbons (Fsp3) is 0. The average molecular weight is 369 g/mol. The van der Waals surface area contributed by atoms with Crippen LogP contribution in [-0.4, -0.2) is 19.9 Å². The molecule has 0 spiro atoms. The number of hydrogen-bond donors (Lipinski definition) is 1. The van der Waals surface area contributed by atoms with Crippen LogP contribution < -0.4 is 10.0 Å². The maximum Gasteiger partial charge on any atom is 0.184 e. The van der Waals surface area contributed by atoms with Crippen LogP contribution >= 0.6 is 11.6 Å². The van der Waals surface area contributed by atoms with Crippen LogP contribution in [0.5, 0.6) is 0 Å². The molecule has 0 aliphatic rings. The third kappa shape index (κ3) is 3.09. The molecule has 0 radical (unpaired) electrons. The van der Waals surface area contributed by atoms with Gasteiger partial charge in [-0.25, -0.2) is 24.3 Å². The second-order valence-corrected chi connectivity index (χ2v) is 5.76. The molecule has 26 heavy (non-hydrogen) atoms. The SMILES string of the molecule is [O-][n+]1ccc(Nc2nc(-c3cc(Cl)ccc3F)nc3nccnc23)cc1. The van der Waals surface area contributed by atoms with Crippen LogP contribution in [0.4, 0.5) is 15.9 Å². The predicted octanol–water partition coefficient (Wildman–Crippen LogP) is 3.26. The number of rotatable bonds is 3. The van der Waals surface area contributed by atoms with Gasteiger partial charge in [0.05, 0.1) is 11.3 Å². The van der Waals surface area contributed by atoms with Gasteiger partial charge in [-0.3, -0.25) is 0 Å². The van der Waals surface area contributed by atoms with Crippen LogP contribution in [-0.2, 0) is 0 Å². The zero-order valence-electron chi connectivity index (χ0n) is 13.1. The first-order valence-corrected chi connectivity index (χ1v) is 7.88. The molecule has 0 atom stereocenters. The van der Waals surface area contributed by atoms with Gasteiger partial charge in [-0.15, -0.1) is 0 Å². The number of halogens is 2. The summed E-state index contributed by atoms with van der Waals surface area (Å²) in [5.74, 6) is -0.0489. The maximum absolute atomic E-state index is 14.2. The van der Waals surface area contributed by atoms with E-state index in [9.17, 15) is 9.60 Å². The number of aromatic nitrogens is 5. The second kappa shape index (κ2) is 6.49. The van der Waals surface area contributed by atoms with E-state index in [2.05, 4.69) is 25.3 Å². The number of anilines is 2. The highest BCUT2D eigenvalue weighted by atomic mass is 35.5. The van der Waals surface area contributed by atoms with Crippen molar-refractivity contribution in [1.82, 2.24) is 19.9 Å². The lowest BCUT2D eigenvalue weighted by molar-refractivity contribution is -0.605. The van der Waals surface area contributed by atoms with E-state index in [1.54, 1.807) is 12.1 Å². The Labute approximate surface area is 151 Å². The molecule has 4 aromatic rings. The molecule has 0 fully saturated rings. The molecule has 0 bridgehead atoms. The van der Waals surface area contributed by atoms with Crippen molar-refractivity contribution in [2.75, 3.05) is 5.32 Å². The van der Waals surface area contributed by atoms with Gasteiger partial charge < -0.3 is 10.5 Å². The molecular weight excluding hydrogens is 359 g/mol. The standard InChI is InChI=1S/C17H10ClFN6O/c18-10-1-2-13(19)12(9-10)15-23-16-14(20-5-6-21-16)17(24-15)22-11-3-7-25(26)8-4-11/h1-9H,(H,21,22,23,24). The molecule has 0 aliphatic heterocycles. The van der Waals surface area contributed by atoms with Gasteiger partial charge in [0.1, 0.15) is 5.82 Å². The fourth-order valence-electron chi connectivity index (χ4n) is 2.37. The largest absolute Gasteiger partial charge is 0.619 e. The van der Waals surface area contributed by atoms with Crippen LogP contribution in [0.3, 0.4) is 0 Å². The summed E-state index contributed by atoms with van der Waals surface area (Å²) in [6, 6.07) is 7.30. The number of fused-ring (bicyclic) bond motifs is 1. The van der Waals surface area contributed by atoms with E-state index in [-0.39, 0.29) is 11.4 Å². The van der Waals surface area contributed by atoms with E-state index >= 15 is 0 Å². The smallest absolute Gasteiger partial charge is 0.184 e. The second-order valence-electron chi connectivity index (χ2n) is 5.32. The molecule has 4 rings (SSSR count). The third-order valence-electron chi connectivity index (χ3n) is 3.57. The van der Waals surface area contributed by atoms with Gasteiger partial charge in [0, 0.05) is 29.5 Å². The van der Waals surface area contributed by atoms with Crippen molar-refractivity contribution >= 4 is 34.3 Å². The van der Waals surface area contributed by atoms with Crippen LogP contribution in [0.25, 0.3) is 22.6 Å². The summed E-state index contributed by atoms with van der Waals surface area (Å²) in [6.45, 7) is 0. The van der Waals surface area contributed by atoms with E-state index in [0.29, 0.717) is 32.4 Å². The average Bonchev–Trinajstić information content (AvgIpc) is 2.65. The molecule has 1 N–H and O–H groups in total. The highest BCUT2D eigenvalue weighted by Gasteiger charge is 2.15. The number of hydrogen-bond acceptors (Lipinski definition) is 6. The van der Waals surface area contributed by atoms with Crippen LogP contribution in [0.1, 0.15) is 0 Å². The maximum atomic E-state index is 14.2. The Morgan fingerprint density at radius 2 is 1.81 bits per heavy atom. The topological polar surface area (TPSA) is 90.5 Å². The van der Waals surface area contributed by atoms with Gasteiger partial charge in [0.2, 0.25) is 0 Å². The monoisotopic (exact) mass is 368 g/mol. The Morgan fingerprint density at radius 3 is 2.62 bits per heavy atom. The molecule has 0 saturated carbocycles. The summed E-state index contributed by atoms with van der Waals surface area (Å²) in [4.78, 5) is 17.1. The molecule has 128 valence electrons. The van der Waals surface area contributed by atoms with Crippen LogP contribution in [0, 0.1) is 11.0 Å². The summed E-state index contributed by atoms with van der Waals surface area (Å²) >= 11 is 5.97. The van der Waals surface area contributed by atoms with Crippen molar-refractivity contribution in [2.24, 2.45) is 0 Å². The Morgan fingerprint density at radius 1 is 1.04 bits per heavy atom. The van der Waals surface area contributed by atoms with E-state index in [0.717, 1.165) is 0 Å². The van der Waals surface area contributed by atoms with Crippen molar-refractivity contribution in [3.05, 3.63) is 71.2 Å². The Bertz CT molecular complexity index is 1110. The summed E-state index contributed by atoms with van der Waals surface area (Å²) in [6.07, 6.45) is 5.68. The number of nitrogens with zero attached hydrogens (tertiary/aromatic N) is 5. The first-order chi connectivity index (χ1) is 12.6. The zero-order valence-corrected chi connectivity index (χ0v) is 13.9. The zero-order chi connectivity index (χ0) is 18.1.